The Bertz CT molecular complexity index is 1780. The highest BCUT2D eigenvalue weighted by Crippen LogP contribution is 2.73. The number of carbonyl (C=O) groups is 1. The van der Waals surface area contributed by atoms with E-state index >= 15 is 0 Å². The Labute approximate surface area is 386 Å². The maximum atomic E-state index is 14.5. The highest BCUT2D eigenvalue weighted by Gasteiger charge is 2.69. The lowest BCUT2D eigenvalue weighted by atomic mass is 9.41. The van der Waals surface area contributed by atoms with Gasteiger partial charge < -0.3 is 109 Å². The van der Waals surface area contributed by atoms with E-state index in [1.165, 1.54) is 0 Å². The van der Waals surface area contributed by atoms with Crippen LogP contribution in [0.25, 0.3) is 0 Å². The molecule has 0 radical (unpaired) electrons. The van der Waals surface area contributed by atoms with Crippen molar-refractivity contribution < 1.29 is 114 Å². The van der Waals surface area contributed by atoms with Gasteiger partial charge in [0.1, 0.15) is 98.2 Å². The van der Waals surface area contributed by atoms with Gasteiger partial charge in [-0.25, -0.2) is 0 Å². The minimum Gasteiger partial charge on any atom is -0.432 e. The number of ether oxygens (including phenoxy) is 8. The molecular weight excluding hydrogens is 896 g/mol. The summed E-state index contributed by atoms with van der Waals surface area (Å²) in [7, 11) is 0. The van der Waals surface area contributed by atoms with Crippen LogP contribution in [0.3, 0.4) is 0 Å². The number of fused-ring (bicyclic) bond motifs is 3. The topological polar surface area (TPSA) is 374 Å². The molecule has 0 amide bonds. The van der Waals surface area contributed by atoms with Crippen LogP contribution in [0.2, 0.25) is 0 Å². The van der Waals surface area contributed by atoms with E-state index in [9.17, 15) is 76.3 Å². The fraction of sp³-hybridized carbons (Fsp3) is 0.932. The van der Waals surface area contributed by atoms with E-state index in [1.807, 2.05) is 6.92 Å². The van der Waals surface area contributed by atoms with E-state index in [0.717, 1.165) is 12.0 Å². The van der Waals surface area contributed by atoms with Crippen molar-refractivity contribution >= 4 is 5.97 Å². The van der Waals surface area contributed by atoms with Crippen molar-refractivity contribution in [3.63, 3.8) is 0 Å². The van der Waals surface area contributed by atoms with Crippen LogP contribution in [0.1, 0.15) is 71.6 Å². The molecule has 384 valence electrons. The molecule has 4 aliphatic heterocycles. The largest absolute Gasteiger partial charge is 0.432 e. The van der Waals surface area contributed by atoms with Crippen molar-refractivity contribution in [2.24, 2.45) is 28.1 Å². The molecule has 67 heavy (non-hydrogen) atoms. The van der Waals surface area contributed by atoms with Gasteiger partial charge in [0.15, 0.2) is 12.6 Å². The van der Waals surface area contributed by atoms with E-state index in [0.29, 0.717) is 51.4 Å². The highest BCUT2D eigenvalue weighted by atomic mass is 16.8. The minimum atomic E-state index is -2.24. The maximum absolute atomic E-state index is 14.5. The summed E-state index contributed by atoms with van der Waals surface area (Å²) in [5.41, 5.74) is -2.21. The van der Waals surface area contributed by atoms with E-state index in [2.05, 4.69) is 13.5 Å². The first-order chi connectivity index (χ1) is 31.6. The van der Waals surface area contributed by atoms with Crippen molar-refractivity contribution in [1.29, 1.82) is 0 Å². The van der Waals surface area contributed by atoms with Gasteiger partial charge in [0, 0.05) is 0 Å². The third-order valence-electron chi connectivity index (χ3n) is 17.2. The first kappa shape index (κ1) is 51.7. The molecule has 8 aliphatic rings. The van der Waals surface area contributed by atoms with E-state index in [4.69, 9.17) is 37.9 Å². The Balaban J connectivity index is 0.970. The minimum absolute atomic E-state index is 0.0408. The van der Waals surface area contributed by atoms with E-state index in [1.54, 1.807) is 0 Å². The first-order valence-electron chi connectivity index (χ1n) is 23.3. The standard InChI is InChI=1S/C44H70O23/c1-18-11-42-9-5-23-40(2,7-4-8-41(23,3)39(59)66-37-33(57)30(54)28(52)22(64-37)15-61-44(17-47)35(58)25(49)19(48)14-60-44)24(42)6-10-43(18,16-42)67-38-34(31(55)27(51)21(13-46)63-38)65-36-32(56)29(53)26(50)20(12-45)62-36/h19-38,45-58H,1,4-17H2,2-3H3/t19-,20-,21-,22-,23?,24?,25-,26-,27-,28+,29+,30-,31+,32-,33-,34-,35+,36+,37+,38+,40-,41?,42-,43+,44+/m1/s1. The van der Waals surface area contributed by atoms with Crippen LogP contribution in [0.4, 0.5) is 0 Å². The van der Waals surface area contributed by atoms with Crippen LogP contribution in [-0.4, -0.2) is 232 Å². The zero-order valence-electron chi connectivity index (χ0n) is 37.6. The molecule has 0 aromatic carbocycles. The van der Waals surface area contributed by atoms with Crippen LogP contribution >= 0.6 is 0 Å². The normalized spacial score (nSPS) is 54.5. The molecule has 0 aromatic rings. The molecule has 4 aliphatic carbocycles. The van der Waals surface area contributed by atoms with Crippen molar-refractivity contribution in [2.45, 2.75) is 193 Å². The van der Waals surface area contributed by atoms with Crippen molar-refractivity contribution in [3.05, 3.63) is 12.2 Å². The van der Waals surface area contributed by atoms with Gasteiger partial charge in [-0.05, 0) is 86.5 Å². The van der Waals surface area contributed by atoms with Gasteiger partial charge in [-0.3, -0.25) is 4.79 Å². The van der Waals surface area contributed by atoms with Crippen LogP contribution < -0.4 is 0 Å². The lowest BCUT2D eigenvalue weighted by Crippen LogP contribution is -2.66. The third-order valence-corrected chi connectivity index (χ3v) is 17.2. The fourth-order valence-corrected chi connectivity index (χ4v) is 13.4. The van der Waals surface area contributed by atoms with Crippen molar-refractivity contribution in [3.8, 4) is 0 Å². The predicted octanol–water partition coefficient (Wildman–Crippen LogP) is -5.11. The van der Waals surface area contributed by atoms with E-state index < -0.39 is 172 Å². The summed E-state index contributed by atoms with van der Waals surface area (Å²) in [5, 5.41) is 147. The average Bonchev–Trinajstić information content (AvgIpc) is 3.50. The number of esters is 1. The van der Waals surface area contributed by atoms with Crippen LogP contribution in [0, 0.1) is 28.1 Å². The Morgan fingerprint density at radius 2 is 1.28 bits per heavy atom. The SMILES string of the molecule is C=C1C[C@@]23CCC4C(C)(C(=O)O[C@@H]5O[C@H](CO[C@]6(CO)OC[C@@H](O)[C@@H](O)[C@@H]6O)[C@H](O)[C@@H](O)[C@H]5O)CCC[C@@]4(C)C2CC[C@]1(O[C@@H]1O[C@H](CO)[C@@H](O)[C@H](O)[C@H]1O[C@@H]1O[C@H](CO)[C@@H](O)[C@H](O)[C@H]1O)C3. The molecule has 1 spiro atoms. The predicted molar refractivity (Wildman–Crippen MR) is 219 cm³/mol. The zero-order valence-corrected chi connectivity index (χ0v) is 37.6. The number of aliphatic hydroxyl groups is 14. The first-order valence-corrected chi connectivity index (χ1v) is 23.3. The molecule has 4 saturated carbocycles. The van der Waals surface area contributed by atoms with Gasteiger partial charge in [0.25, 0.3) is 0 Å². The molecule has 25 atom stereocenters. The molecule has 0 aromatic heterocycles. The summed E-state index contributed by atoms with van der Waals surface area (Å²) in [6.45, 7) is 4.86. The number of hydrogen-bond donors (Lipinski definition) is 14. The molecule has 8 rings (SSSR count). The second-order valence-electron chi connectivity index (χ2n) is 20.9. The monoisotopic (exact) mass is 966 g/mol. The lowest BCUT2D eigenvalue weighted by molar-refractivity contribution is -0.378. The quantitative estimate of drug-likeness (QED) is 0.0494. The summed E-state index contributed by atoms with van der Waals surface area (Å²) >= 11 is 0. The van der Waals surface area contributed by atoms with Gasteiger partial charge in [-0.15, -0.1) is 0 Å². The second-order valence-corrected chi connectivity index (χ2v) is 20.9. The number of hydrogen-bond acceptors (Lipinski definition) is 23. The van der Waals surface area contributed by atoms with Gasteiger partial charge in [-0.1, -0.05) is 19.9 Å². The molecule has 3 unspecified atom stereocenters. The molecule has 23 heteroatoms. The summed E-state index contributed by atoms with van der Waals surface area (Å²) in [6, 6.07) is 0. The highest BCUT2D eigenvalue weighted by molar-refractivity contribution is 5.77. The summed E-state index contributed by atoms with van der Waals surface area (Å²) < 4.78 is 47.1. The Kier molecular flexibility index (Phi) is 14.7. The molecule has 2 bridgehead atoms. The van der Waals surface area contributed by atoms with Gasteiger partial charge in [0.2, 0.25) is 12.1 Å². The van der Waals surface area contributed by atoms with Crippen LogP contribution in [0.15, 0.2) is 12.2 Å². The third kappa shape index (κ3) is 8.53. The Hall–Kier alpha value is -1.63. The summed E-state index contributed by atoms with van der Waals surface area (Å²) in [4.78, 5) is 14.5. The number of carbonyl (C=O) groups excluding carboxylic acids is 1. The molecule has 14 N–H and O–H groups in total. The summed E-state index contributed by atoms with van der Waals surface area (Å²) in [6.07, 6.45) is -25.0. The molecule has 4 saturated heterocycles. The van der Waals surface area contributed by atoms with Crippen LogP contribution in [0.5, 0.6) is 0 Å². The zero-order chi connectivity index (χ0) is 48.8. The molecule has 4 heterocycles. The smallest absolute Gasteiger partial charge is 0.314 e. The molecular formula is C44H70O23. The summed E-state index contributed by atoms with van der Waals surface area (Å²) in [5.74, 6) is -3.12. The van der Waals surface area contributed by atoms with Gasteiger partial charge in [0.05, 0.1) is 37.4 Å². The molecule has 23 nitrogen and oxygen atoms in total. The molecule has 8 fully saturated rings. The van der Waals surface area contributed by atoms with Crippen LogP contribution in [-0.2, 0) is 42.7 Å². The number of rotatable bonds is 12. The Morgan fingerprint density at radius 1 is 0.687 bits per heavy atom. The Morgan fingerprint density at radius 3 is 1.94 bits per heavy atom. The van der Waals surface area contributed by atoms with E-state index in [-0.39, 0.29) is 17.3 Å². The maximum Gasteiger partial charge on any atom is 0.314 e. The average molecular weight is 967 g/mol. The lowest BCUT2D eigenvalue weighted by Gasteiger charge is -2.64. The number of aliphatic hydroxyl groups excluding tert-OH is 14. The van der Waals surface area contributed by atoms with Gasteiger partial charge in [-0.2, -0.15) is 0 Å². The van der Waals surface area contributed by atoms with Crippen molar-refractivity contribution in [2.75, 3.05) is 33.0 Å². The van der Waals surface area contributed by atoms with Gasteiger partial charge >= 0.3 is 5.97 Å². The second kappa shape index (κ2) is 19.1. The fourth-order valence-electron chi connectivity index (χ4n) is 13.4. The van der Waals surface area contributed by atoms with Crippen molar-refractivity contribution in [1.82, 2.24) is 0 Å².